The number of aromatic nitrogens is 2. The summed E-state index contributed by atoms with van der Waals surface area (Å²) in [5.41, 5.74) is 8.31. The second-order valence-corrected chi connectivity index (χ2v) is 7.02. The van der Waals surface area contributed by atoms with Crippen LogP contribution in [0.5, 0.6) is 0 Å². The molecule has 0 fully saturated rings. The summed E-state index contributed by atoms with van der Waals surface area (Å²) in [4.78, 5) is 24.4. The van der Waals surface area contributed by atoms with Crippen molar-refractivity contribution in [3.8, 4) is 11.8 Å². The minimum absolute atomic E-state index is 0.279. The first-order valence-electron chi connectivity index (χ1n) is 9.97. The number of nitrogens with one attached hydrogen (secondary N) is 2. The maximum atomic E-state index is 12.3. The van der Waals surface area contributed by atoms with Crippen LogP contribution in [0.15, 0.2) is 60.7 Å². The van der Waals surface area contributed by atoms with Crippen LogP contribution in [0.4, 0.5) is 5.82 Å². The SMILES string of the molecule is C[C@@H](NC(=O)c1ccccc1)C(=O)NCCCc1nn(-c2ccccc2)c(N)c1C#N. The van der Waals surface area contributed by atoms with Gasteiger partial charge in [-0.1, -0.05) is 36.4 Å². The van der Waals surface area contributed by atoms with Crippen LogP contribution in [-0.2, 0) is 11.2 Å². The van der Waals surface area contributed by atoms with E-state index in [1.165, 1.54) is 0 Å². The first-order valence-corrected chi connectivity index (χ1v) is 9.97. The van der Waals surface area contributed by atoms with Gasteiger partial charge in [0.05, 0.1) is 11.4 Å². The highest BCUT2D eigenvalue weighted by Crippen LogP contribution is 2.21. The van der Waals surface area contributed by atoms with E-state index in [1.54, 1.807) is 35.9 Å². The molecule has 1 aromatic heterocycles. The normalized spacial score (nSPS) is 11.4. The summed E-state index contributed by atoms with van der Waals surface area (Å²) in [7, 11) is 0. The number of nitrogens with two attached hydrogens (primary N) is 1. The Balaban J connectivity index is 1.52. The molecule has 3 rings (SSSR count). The molecule has 1 heterocycles. The molecule has 3 aromatic rings. The number of carbonyl (C=O) groups is 2. The molecular weight excluding hydrogens is 392 g/mol. The van der Waals surface area contributed by atoms with Crippen LogP contribution >= 0.6 is 0 Å². The number of hydrogen-bond acceptors (Lipinski definition) is 5. The van der Waals surface area contributed by atoms with Gasteiger partial charge in [0.2, 0.25) is 5.91 Å². The molecule has 0 spiro atoms. The Bertz CT molecular complexity index is 1090. The third kappa shape index (κ3) is 5.28. The summed E-state index contributed by atoms with van der Waals surface area (Å²) in [5, 5.41) is 19.4. The van der Waals surface area contributed by atoms with E-state index < -0.39 is 6.04 Å². The minimum atomic E-state index is -0.671. The molecular formula is C23H24N6O2. The number of carbonyl (C=O) groups excluding carboxylic acids is 2. The van der Waals surface area contributed by atoms with Crippen LogP contribution in [0.3, 0.4) is 0 Å². The molecule has 8 nitrogen and oxygen atoms in total. The minimum Gasteiger partial charge on any atom is -0.382 e. The maximum Gasteiger partial charge on any atom is 0.251 e. The van der Waals surface area contributed by atoms with Crippen molar-refractivity contribution in [1.82, 2.24) is 20.4 Å². The smallest absolute Gasteiger partial charge is 0.251 e. The van der Waals surface area contributed by atoms with Gasteiger partial charge >= 0.3 is 0 Å². The van der Waals surface area contributed by atoms with Crippen molar-refractivity contribution in [2.75, 3.05) is 12.3 Å². The largest absolute Gasteiger partial charge is 0.382 e. The van der Waals surface area contributed by atoms with E-state index in [2.05, 4.69) is 21.8 Å². The van der Waals surface area contributed by atoms with E-state index >= 15 is 0 Å². The number of aryl methyl sites for hydroxylation is 1. The third-order valence-electron chi connectivity index (χ3n) is 4.77. The Hall–Kier alpha value is -4.12. The molecule has 0 saturated heterocycles. The van der Waals surface area contributed by atoms with Crippen molar-refractivity contribution in [3.05, 3.63) is 77.5 Å². The van der Waals surface area contributed by atoms with E-state index in [1.807, 2.05) is 36.4 Å². The number of amides is 2. The molecule has 158 valence electrons. The monoisotopic (exact) mass is 416 g/mol. The van der Waals surface area contributed by atoms with Crippen molar-refractivity contribution < 1.29 is 9.59 Å². The molecule has 31 heavy (non-hydrogen) atoms. The predicted molar refractivity (Wildman–Crippen MR) is 117 cm³/mol. The van der Waals surface area contributed by atoms with E-state index in [-0.39, 0.29) is 11.8 Å². The van der Waals surface area contributed by atoms with Gasteiger partial charge in [-0.2, -0.15) is 10.4 Å². The molecule has 4 N–H and O–H groups in total. The van der Waals surface area contributed by atoms with Crippen molar-refractivity contribution in [2.45, 2.75) is 25.8 Å². The molecule has 1 atom stereocenters. The second kappa shape index (κ2) is 10.1. The van der Waals surface area contributed by atoms with E-state index in [4.69, 9.17) is 5.73 Å². The summed E-state index contributed by atoms with van der Waals surface area (Å²) >= 11 is 0. The molecule has 0 saturated carbocycles. The van der Waals surface area contributed by atoms with E-state index in [0.29, 0.717) is 42.0 Å². The van der Waals surface area contributed by atoms with Crippen molar-refractivity contribution in [2.24, 2.45) is 0 Å². The van der Waals surface area contributed by atoms with Crippen LogP contribution in [-0.4, -0.2) is 34.2 Å². The number of rotatable bonds is 8. The first kappa shape index (κ1) is 21.6. The summed E-state index contributed by atoms with van der Waals surface area (Å²) in [6, 6.07) is 19.5. The fourth-order valence-electron chi connectivity index (χ4n) is 3.10. The third-order valence-corrected chi connectivity index (χ3v) is 4.77. The topological polar surface area (TPSA) is 126 Å². The average Bonchev–Trinajstić information content (AvgIpc) is 3.12. The standard InChI is InChI=1S/C23H24N6O2/c1-16(27-23(31)17-9-4-2-5-10-17)22(30)26-14-8-13-20-19(15-24)21(25)29(28-20)18-11-6-3-7-12-18/h2-7,9-12,16H,8,13-14,25H2,1H3,(H,26,30)(H,27,31)/t16-/m1/s1. The number of anilines is 1. The lowest BCUT2D eigenvalue weighted by molar-refractivity contribution is -0.122. The van der Waals surface area contributed by atoms with Crippen LogP contribution in [0.25, 0.3) is 5.69 Å². The zero-order chi connectivity index (χ0) is 22.2. The summed E-state index contributed by atoms with van der Waals surface area (Å²) in [5.74, 6) is -0.284. The summed E-state index contributed by atoms with van der Waals surface area (Å²) < 4.78 is 1.55. The molecule has 0 bridgehead atoms. The summed E-state index contributed by atoms with van der Waals surface area (Å²) in [6.45, 7) is 2.01. The lowest BCUT2D eigenvalue weighted by atomic mass is 10.1. The number of hydrogen-bond donors (Lipinski definition) is 3. The van der Waals surface area contributed by atoms with Gasteiger partial charge in [-0.15, -0.1) is 0 Å². The van der Waals surface area contributed by atoms with Crippen molar-refractivity contribution >= 4 is 17.6 Å². The molecule has 0 aliphatic carbocycles. The number of para-hydroxylation sites is 1. The number of nitrogen functional groups attached to an aromatic ring is 1. The van der Waals surface area contributed by atoms with Crippen LogP contribution in [0, 0.1) is 11.3 Å². The Morgan fingerprint density at radius 3 is 2.42 bits per heavy atom. The van der Waals surface area contributed by atoms with Crippen molar-refractivity contribution in [1.29, 1.82) is 5.26 Å². The molecule has 8 heteroatoms. The fraction of sp³-hybridized carbons (Fsp3) is 0.217. The number of nitrogens with zero attached hydrogens (tertiary/aromatic N) is 3. The Kier molecular flexibility index (Phi) is 7.01. The summed E-state index contributed by atoms with van der Waals surface area (Å²) in [6.07, 6.45) is 1.06. The van der Waals surface area contributed by atoms with Gasteiger partial charge in [-0.3, -0.25) is 9.59 Å². The molecule has 0 aliphatic heterocycles. The zero-order valence-corrected chi connectivity index (χ0v) is 17.2. The predicted octanol–water partition coefficient (Wildman–Crippen LogP) is 2.19. The molecule has 0 unspecified atom stereocenters. The molecule has 2 aromatic carbocycles. The van der Waals surface area contributed by atoms with Crippen LogP contribution in [0.2, 0.25) is 0 Å². The highest BCUT2D eigenvalue weighted by atomic mass is 16.2. The zero-order valence-electron chi connectivity index (χ0n) is 17.2. The Morgan fingerprint density at radius 2 is 1.77 bits per heavy atom. The Morgan fingerprint density at radius 1 is 1.13 bits per heavy atom. The molecule has 0 aliphatic rings. The van der Waals surface area contributed by atoms with Crippen LogP contribution < -0.4 is 16.4 Å². The molecule has 0 radical (unpaired) electrons. The van der Waals surface area contributed by atoms with Gasteiger partial charge in [-0.05, 0) is 44.0 Å². The van der Waals surface area contributed by atoms with E-state index in [9.17, 15) is 14.9 Å². The van der Waals surface area contributed by atoms with Gasteiger partial charge in [0.1, 0.15) is 23.5 Å². The second-order valence-electron chi connectivity index (χ2n) is 7.02. The quantitative estimate of drug-likeness (QED) is 0.485. The highest BCUT2D eigenvalue weighted by molar-refractivity contribution is 5.97. The van der Waals surface area contributed by atoms with Gasteiger partial charge < -0.3 is 16.4 Å². The first-order chi connectivity index (χ1) is 15.0. The van der Waals surface area contributed by atoms with Gasteiger partial charge in [0.25, 0.3) is 5.91 Å². The fourth-order valence-corrected chi connectivity index (χ4v) is 3.10. The maximum absolute atomic E-state index is 12.3. The number of benzene rings is 2. The Labute approximate surface area is 180 Å². The highest BCUT2D eigenvalue weighted by Gasteiger charge is 2.18. The van der Waals surface area contributed by atoms with Crippen molar-refractivity contribution in [3.63, 3.8) is 0 Å². The lowest BCUT2D eigenvalue weighted by Crippen LogP contribution is -2.45. The van der Waals surface area contributed by atoms with E-state index in [0.717, 1.165) is 5.69 Å². The van der Waals surface area contributed by atoms with Gasteiger partial charge in [-0.25, -0.2) is 4.68 Å². The van der Waals surface area contributed by atoms with Crippen LogP contribution in [0.1, 0.15) is 35.0 Å². The molecule has 2 amide bonds. The lowest BCUT2D eigenvalue weighted by Gasteiger charge is -2.14. The number of nitriles is 1. The average molecular weight is 416 g/mol. The van der Waals surface area contributed by atoms with Gasteiger partial charge in [0, 0.05) is 12.1 Å². The van der Waals surface area contributed by atoms with Gasteiger partial charge in [0.15, 0.2) is 0 Å².